The summed E-state index contributed by atoms with van der Waals surface area (Å²) in [6.45, 7) is 0. The predicted molar refractivity (Wildman–Crippen MR) is 286 cm³/mol. The smallest absolute Gasteiger partial charge is 0.180 e. The molecule has 0 saturated heterocycles. The average molecular weight is 761 g/mol. The van der Waals surface area contributed by atoms with Gasteiger partial charge in [0.2, 0.25) is 0 Å². The first-order chi connectivity index (χ1) is 30.1. The van der Waals surface area contributed by atoms with E-state index >= 15 is 0 Å². The van der Waals surface area contributed by atoms with Crippen molar-refractivity contribution in [1.29, 1.82) is 0 Å². The maximum Gasteiger partial charge on any atom is 0.180 e. The highest BCUT2D eigenvalue weighted by molar-refractivity contribution is 6.73. The Morgan fingerprint density at radius 3 is 1.31 bits per heavy atom. The molecule has 0 bridgehead atoms. The predicted octanol–water partition coefficient (Wildman–Crippen LogP) is -13.2. The summed E-state index contributed by atoms with van der Waals surface area (Å²) in [5.74, 6) is 0. The number of furan rings is 2. The van der Waals surface area contributed by atoms with Gasteiger partial charge >= 0.3 is 0 Å². The number of hydrogen-bond donors (Lipinski definition) is 0. The Labute approximate surface area is 395 Å². The number of fused-ring (bicyclic) bond motifs is 6. The molecule has 0 fully saturated rings. The van der Waals surface area contributed by atoms with Crippen molar-refractivity contribution in [2.45, 2.75) is 0 Å². The maximum absolute atomic E-state index is 7.06. The lowest BCUT2D eigenvalue weighted by Gasteiger charge is -2.28. The normalized spacial score (nSPS) is 11.8. The van der Waals surface area contributed by atoms with Crippen LogP contribution in [0, 0.1) is 0 Å². The second-order valence-corrected chi connectivity index (χ2v) is 15.2. The van der Waals surface area contributed by atoms with Gasteiger partial charge in [-0.25, -0.2) is 9.97 Å². The fourth-order valence-corrected chi connectivity index (χ4v) is 8.43. The number of benzene rings is 6. The third-order valence-electron chi connectivity index (χ3n) is 11.9. The van der Waals surface area contributed by atoms with E-state index in [9.17, 15) is 0 Å². The van der Waals surface area contributed by atoms with E-state index in [1.54, 1.807) is 18.2 Å². The maximum atomic E-state index is 7.06. The van der Waals surface area contributed by atoms with Crippen molar-refractivity contribution in [2.75, 3.05) is 0 Å². The quantitative estimate of drug-likeness (QED) is 0.168. The zero-order chi connectivity index (χ0) is 46.4. The van der Waals surface area contributed by atoms with Crippen LogP contribution in [0.4, 0.5) is 0 Å². The summed E-state index contributed by atoms with van der Waals surface area (Å²) in [7, 11) is 130. The van der Waals surface area contributed by atoms with Gasteiger partial charge in [-0.15, -0.1) is 43.7 Å². The van der Waals surface area contributed by atoms with E-state index < -0.39 is 0 Å². The van der Waals surface area contributed by atoms with E-state index in [2.05, 4.69) is 9.97 Å². The largest absolute Gasteiger partial charge is 0.456 e. The first kappa shape index (κ1) is 44.5. The molecule has 40 radical (unpaired) electrons. The van der Waals surface area contributed by atoms with Crippen molar-refractivity contribution >= 4 is 310 Å². The van der Waals surface area contributed by atoms with E-state index in [1.807, 2.05) is 0 Å². The molecule has 246 valence electrons. The van der Waals surface area contributed by atoms with Crippen molar-refractivity contribution in [3.8, 4) is 44.6 Å². The summed E-state index contributed by atoms with van der Waals surface area (Å²) in [6.07, 6.45) is 1.29. The van der Waals surface area contributed by atoms with Gasteiger partial charge in [-0.2, -0.15) is 0 Å². The van der Waals surface area contributed by atoms with Crippen LogP contribution in [-0.4, -0.2) is 167 Å². The Bertz CT molecular complexity index is 3610. The Balaban J connectivity index is 1.29. The van der Waals surface area contributed by atoms with E-state index in [0.29, 0.717) is 22.0 Å². The van der Waals surface area contributed by atoms with E-state index in [4.69, 9.17) is 166 Å². The lowest BCUT2D eigenvalue weighted by Crippen LogP contribution is -2.57. The van der Waals surface area contributed by atoms with Crippen LogP contribution in [0.1, 0.15) is 0 Å². The number of nitrogens with zero attached hydrogens (tertiary/aromatic N) is 2. The third-order valence-corrected chi connectivity index (χ3v) is 11.9. The summed E-state index contributed by atoms with van der Waals surface area (Å²) in [6, 6.07) is 5.10. The lowest BCUT2D eigenvalue weighted by molar-refractivity contribution is 0.667. The molecular weight excluding hydrogens is 757 g/mol. The number of hydrogen-bond acceptors (Lipinski definition) is 4. The summed E-state index contributed by atoms with van der Waals surface area (Å²) in [5, 5.41) is 0.981. The molecule has 64 heavy (non-hydrogen) atoms. The first-order valence-electron chi connectivity index (χ1n) is 18.8. The van der Waals surface area contributed by atoms with Gasteiger partial charge in [0, 0.05) is 21.7 Å². The molecule has 0 amide bonds. The minimum Gasteiger partial charge on any atom is -0.456 e. The van der Waals surface area contributed by atoms with Crippen molar-refractivity contribution in [3.05, 3.63) is 24.5 Å². The highest BCUT2D eigenvalue weighted by atomic mass is 16.3. The Morgan fingerprint density at radius 1 is 0.312 bits per heavy atom. The molecule has 0 atom stereocenters. The molecule has 3 aromatic heterocycles. The van der Waals surface area contributed by atoms with Crippen molar-refractivity contribution in [2.24, 2.45) is 0 Å². The molecule has 0 saturated carbocycles. The fraction of sp³-hybridized carbons (Fsp3) is 0. The first-order valence-corrected chi connectivity index (χ1v) is 18.8. The van der Waals surface area contributed by atoms with Crippen LogP contribution in [-0.2, 0) is 0 Å². The van der Waals surface area contributed by atoms with Gasteiger partial charge in [0.1, 0.15) is 191 Å². The Kier molecular flexibility index (Phi) is 10.7. The van der Waals surface area contributed by atoms with Crippen molar-refractivity contribution in [3.63, 3.8) is 0 Å². The van der Waals surface area contributed by atoms with Crippen LogP contribution in [0.2, 0.25) is 0 Å². The van der Waals surface area contributed by atoms with E-state index in [0.717, 1.165) is 0 Å². The summed E-state index contributed by atoms with van der Waals surface area (Å²) in [5.41, 5.74) is 1.81. The highest BCUT2D eigenvalue weighted by Gasteiger charge is 2.28. The molecule has 0 unspecified atom stereocenters. The fourth-order valence-electron chi connectivity index (χ4n) is 8.43. The standard InChI is InChI=1S/C40H4B20N2O2/c41-16-8(18(43)27(52)19(44)9(16)10-20(45)30(55)33(58)31(56)21(10)46)5-1-2-6-7(3-5)63-40-36(6)61-4-62-37(40)15-17(42)11(22(47)28(53)26(15)51)12-23(48)29(54)24(49)13-14-25(50)32(57)34(59)35(60)39(14)64-38(12)13/h1-4H. The van der Waals surface area contributed by atoms with Crippen LogP contribution in [0.5, 0.6) is 0 Å². The molecule has 0 spiro atoms. The zero-order valence-corrected chi connectivity index (χ0v) is 33.6. The van der Waals surface area contributed by atoms with Gasteiger partial charge < -0.3 is 8.83 Å². The van der Waals surface area contributed by atoms with Crippen LogP contribution in [0.15, 0.2) is 33.4 Å². The van der Waals surface area contributed by atoms with Gasteiger partial charge in [-0.3, -0.25) is 0 Å². The molecule has 3 heterocycles. The van der Waals surface area contributed by atoms with Crippen LogP contribution >= 0.6 is 0 Å². The Hall–Kier alpha value is -4.70. The Morgan fingerprint density at radius 2 is 0.719 bits per heavy atom. The average Bonchev–Trinajstić information content (AvgIpc) is 3.86. The third kappa shape index (κ3) is 5.98. The topological polar surface area (TPSA) is 52.1 Å². The molecule has 0 aliphatic rings. The van der Waals surface area contributed by atoms with Gasteiger partial charge in [0.25, 0.3) is 0 Å². The van der Waals surface area contributed by atoms with Gasteiger partial charge in [0.15, 0.2) is 5.58 Å². The molecule has 0 N–H and O–H groups in total. The van der Waals surface area contributed by atoms with Gasteiger partial charge in [0.05, 0.1) is 0 Å². The van der Waals surface area contributed by atoms with Crippen LogP contribution in [0.3, 0.4) is 0 Å². The molecule has 9 aromatic rings. The van der Waals surface area contributed by atoms with Gasteiger partial charge in [-0.05, 0) is 45.5 Å². The number of aromatic nitrogens is 2. The second kappa shape index (κ2) is 15.5. The molecule has 0 aliphatic carbocycles. The number of rotatable bonds is 4. The minimum absolute atomic E-state index is 0.00510. The molecule has 6 aromatic carbocycles. The molecule has 9 rings (SSSR count). The SMILES string of the molecule is [B]c1c([B])c([B])c(-c2c([B])c([B])c([B])c(-c3ccc4c(c3)oc3c(-c5c([B])c([B])c([B])c(-c6c([B])c([B])c([B])c7c6oc6c([B])c([B])c([B])c([B])c67)c5[B])ncnc34)c2[B])c([B])c1[B]. The van der Waals surface area contributed by atoms with Crippen molar-refractivity contribution in [1.82, 2.24) is 9.97 Å². The van der Waals surface area contributed by atoms with E-state index in [-0.39, 0.29) is 176 Å². The second-order valence-electron chi connectivity index (χ2n) is 15.2. The molecule has 0 aliphatic heterocycles. The highest BCUT2D eigenvalue weighted by Crippen LogP contribution is 2.36. The molecule has 24 heteroatoms. The summed E-state index contributed by atoms with van der Waals surface area (Å²) < 4.78 is 12.8. The minimum atomic E-state index is -0.0930. The van der Waals surface area contributed by atoms with Gasteiger partial charge in [-0.1, -0.05) is 71.6 Å². The zero-order valence-electron chi connectivity index (χ0n) is 33.6. The summed E-state index contributed by atoms with van der Waals surface area (Å²) in [4.78, 5) is 9.09. The van der Waals surface area contributed by atoms with Crippen molar-refractivity contribution < 1.29 is 8.83 Å². The molecule has 4 nitrogen and oxygen atoms in total. The molecular formula is C40H4B20N2O2. The van der Waals surface area contributed by atoms with E-state index in [1.165, 1.54) is 6.33 Å². The lowest BCUT2D eigenvalue weighted by atomic mass is 9.56. The van der Waals surface area contributed by atoms with Crippen LogP contribution in [0.25, 0.3) is 88.6 Å². The summed E-state index contributed by atoms with van der Waals surface area (Å²) >= 11 is 0. The monoisotopic (exact) mass is 764 g/mol. The van der Waals surface area contributed by atoms with Crippen LogP contribution < -0.4 is 109 Å².